The Morgan fingerprint density at radius 1 is 0.905 bits per heavy atom. The summed E-state index contributed by atoms with van der Waals surface area (Å²) in [6.07, 6.45) is 14.9. The van der Waals surface area contributed by atoms with Gasteiger partial charge in [-0.3, -0.25) is 4.90 Å². The molecule has 1 aliphatic heterocycles. The predicted molar refractivity (Wildman–Crippen MR) is 87.4 cm³/mol. The fourth-order valence-electron chi connectivity index (χ4n) is 4.94. The highest BCUT2D eigenvalue weighted by molar-refractivity contribution is 4.90. The van der Waals surface area contributed by atoms with Crippen molar-refractivity contribution >= 4 is 0 Å². The molecule has 122 valence electrons. The molecule has 3 fully saturated rings. The number of aliphatic hydroxyl groups excluding tert-OH is 1. The summed E-state index contributed by atoms with van der Waals surface area (Å²) in [5, 5.41) is 13.1. The Balaban J connectivity index is 1.55. The molecule has 0 radical (unpaired) electrons. The summed E-state index contributed by atoms with van der Waals surface area (Å²) >= 11 is 0. The average molecular weight is 294 g/mol. The Morgan fingerprint density at radius 3 is 2.33 bits per heavy atom. The Hall–Kier alpha value is -0.120. The van der Waals surface area contributed by atoms with Gasteiger partial charge in [-0.05, 0) is 50.9 Å². The third-order valence-corrected chi connectivity index (χ3v) is 6.00. The minimum absolute atomic E-state index is 0.362. The van der Waals surface area contributed by atoms with Gasteiger partial charge in [0, 0.05) is 37.8 Å². The third-order valence-electron chi connectivity index (χ3n) is 6.00. The molecule has 0 amide bonds. The van der Waals surface area contributed by atoms with Gasteiger partial charge in [-0.25, -0.2) is 0 Å². The number of aliphatic hydroxyl groups is 1. The van der Waals surface area contributed by atoms with Gasteiger partial charge in [-0.15, -0.1) is 0 Å². The molecule has 2 aliphatic carbocycles. The first kappa shape index (κ1) is 15.8. The highest BCUT2D eigenvalue weighted by Gasteiger charge is 2.33. The standard InChI is InChI=1S/C18H34N2O/c21-11-5-6-15-12-17(19-16-7-1-2-8-16)14-20(13-15)18-9-3-4-10-18/h15-19,21H,1-14H2. The predicted octanol–water partition coefficient (Wildman–Crippen LogP) is 2.92. The lowest BCUT2D eigenvalue weighted by molar-refractivity contribution is 0.0878. The summed E-state index contributed by atoms with van der Waals surface area (Å²) in [6.45, 7) is 2.92. The molecule has 2 atom stereocenters. The molecule has 1 heterocycles. The van der Waals surface area contributed by atoms with Crippen molar-refractivity contribution in [1.82, 2.24) is 10.2 Å². The molecule has 21 heavy (non-hydrogen) atoms. The monoisotopic (exact) mass is 294 g/mol. The second-order valence-electron chi connectivity index (χ2n) is 7.70. The molecule has 3 nitrogen and oxygen atoms in total. The zero-order valence-electron chi connectivity index (χ0n) is 13.6. The van der Waals surface area contributed by atoms with Crippen molar-refractivity contribution in [3.05, 3.63) is 0 Å². The topological polar surface area (TPSA) is 35.5 Å². The van der Waals surface area contributed by atoms with Crippen LogP contribution < -0.4 is 5.32 Å². The van der Waals surface area contributed by atoms with Crippen LogP contribution in [-0.2, 0) is 0 Å². The highest BCUT2D eigenvalue weighted by atomic mass is 16.2. The molecule has 3 aliphatic rings. The maximum Gasteiger partial charge on any atom is 0.0431 e. The van der Waals surface area contributed by atoms with E-state index in [2.05, 4.69) is 10.2 Å². The summed E-state index contributed by atoms with van der Waals surface area (Å²) < 4.78 is 0. The molecule has 1 saturated heterocycles. The normalized spacial score (nSPS) is 33.0. The molecule has 0 bridgehead atoms. The van der Waals surface area contributed by atoms with E-state index >= 15 is 0 Å². The van der Waals surface area contributed by atoms with Crippen LogP contribution >= 0.6 is 0 Å². The van der Waals surface area contributed by atoms with Gasteiger partial charge in [0.05, 0.1) is 0 Å². The molecule has 3 heteroatoms. The average Bonchev–Trinajstić information content (AvgIpc) is 3.18. The molecular weight excluding hydrogens is 260 g/mol. The second kappa shape index (κ2) is 7.94. The van der Waals surface area contributed by atoms with Crippen molar-refractivity contribution in [1.29, 1.82) is 0 Å². The summed E-state index contributed by atoms with van der Waals surface area (Å²) in [7, 11) is 0. The van der Waals surface area contributed by atoms with E-state index < -0.39 is 0 Å². The van der Waals surface area contributed by atoms with Gasteiger partial charge in [0.2, 0.25) is 0 Å². The van der Waals surface area contributed by atoms with Crippen LogP contribution in [0.1, 0.15) is 70.6 Å². The Bertz CT molecular complexity index is 298. The van der Waals surface area contributed by atoms with Gasteiger partial charge in [-0.2, -0.15) is 0 Å². The molecule has 3 rings (SSSR count). The van der Waals surface area contributed by atoms with Crippen molar-refractivity contribution in [3.63, 3.8) is 0 Å². The molecule has 2 saturated carbocycles. The van der Waals surface area contributed by atoms with Crippen LogP contribution in [0, 0.1) is 5.92 Å². The van der Waals surface area contributed by atoms with Gasteiger partial charge in [0.1, 0.15) is 0 Å². The van der Waals surface area contributed by atoms with Crippen LogP contribution in [0.15, 0.2) is 0 Å². The Kier molecular flexibility index (Phi) is 5.96. The SMILES string of the molecule is OCCCC1CC(NC2CCCC2)CN(C2CCCC2)C1. The summed E-state index contributed by atoms with van der Waals surface area (Å²) in [5.74, 6) is 0.797. The van der Waals surface area contributed by atoms with Gasteiger partial charge in [-0.1, -0.05) is 25.7 Å². The summed E-state index contributed by atoms with van der Waals surface area (Å²) in [6, 6.07) is 2.35. The van der Waals surface area contributed by atoms with Crippen LogP contribution in [0.2, 0.25) is 0 Å². The van der Waals surface area contributed by atoms with Gasteiger partial charge >= 0.3 is 0 Å². The fraction of sp³-hybridized carbons (Fsp3) is 1.00. The Morgan fingerprint density at radius 2 is 1.62 bits per heavy atom. The largest absolute Gasteiger partial charge is 0.396 e. The molecule has 0 spiro atoms. The van der Waals surface area contributed by atoms with E-state index in [-0.39, 0.29) is 0 Å². The lowest BCUT2D eigenvalue weighted by Crippen LogP contribution is -2.53. The van der Waals surface area contributed by atoms with Crippen molar-refractivity contribution in [3.8, 4) is 0 Å². The number of piperidine rings is 1. The van der Waals surface area contributed by atoms with E-state index in [4.69, 9.17) is 5.11 Å². The van der Waals surface area contributed by atoms with Crippen molar-refractivity contribution in [2.45, 2.75) is 88.8 Å². The maximum atomic E-state index is 9.14. The number of nitrogens with one attached hydrogen (secondary N) is 1. The second-order valence-corrected chi connectivity index (χ2v) is 7.70. The molecule has 2 unspecified atom stereocenters. The van der Waals surface area contributed by atoms with E-state index in [9.17, 15) is 0 Å². The van der Waals surface area contributed by atoms with E-state index in [1.54, 1.807) is 0 Å². The van der Waals surface area contributed by atoms with E-state index in [1.807, 2.05) is 0 Å². The minimum atomic E-state index is 0.362. The highest BCUT2D eigenvalue weighted by Crippen LogP contribution is 2.30. The number of hydrogen-bond acceptors (Lipinski definition) is 3. The summed E-state index contributed by atoms with van der Waals surface area (Å²) in [4.78, 5) is 2.80. The van der Waals surface area contributed by atoms with Crippen molar-refractivity contribution in [2.24, 2.45) is 5.92 Å². The van der Waals surface area contributed by atoms with Crippen LogP contribution in [0.3, 0.4) is 0 Å². The van der Waals surface area contributed by atoms with Crippen molar-refractivity contribution in [2.75, 3.05) is 19.7 Å². The van der Waals surface area contributed by atoms with Crippen molar-refractivity contribution < 1.29 is 5.11 Å². The lowest BCUT2D eigenvalue weighted by atomic mass is 9.89. The zero-order chi connectivity index (χ0) is 14.5. The van der Waals surface area contributed by atoms with Crippen LogP contribution in [0.25, 0.3) is 0 Å². The fourth-order valence-corrected chi connectivity index (χ4v) is 4.94. The van der Waals surface area contributed by atoms with Crippen LogP contribution in [-0.4, -0.2) is 47.8 Å². The number of rotatable bonds is 6. The minimum Gasteiger partial charge on any atom is -0.396 e. The lowest BCUT2D eigenvalue weighted by Gasteiger charge is -2.42. The first-order valence-electron chi connectivity index (χ1n) is 9.46. The smallest absolute Gasteiger partial charge is 0.0431 e. The quantitative estimate of drug-likeness (QED) is 0.790. The molecular formula is C18H34N2O. The molecule has 0 aromatic carbocycles. The summed E-state index contributed by atoms with van der Waals surface area (Å²) in [5.41, 5.74) is 0. The zero-order valence-corrected chi connectivity index (χ0v) is 13.6. The van der Waals surface area contributed by atoms with E-state index in [1.165, 1.54) is 77.3 Å². The van der Waals surface area contributed by atoms with Crippen LogP contribution in [0.4, 0.5) is 0 Å². The third kappa shape index (κ3) is 4.43. The number of nitrogens with zero attached hydrogens (tertiary/aromatic N) is 1. The van der Waals surface area contributed by atoms with E-state index in [0.717, 1.165) is 24.4 Å². The van der Waals surface area contributed by atoms with Gasteiger partial charge in [0.25, 0.3) is 0 Å². The molecule has 0 aromatic heterocycles. The first-order valence-corrected chi connectivity index (χ1v) is 9.46. The first-order chi connectivity index (χ1) is 10.3. The van der Waals surface area contributed by atoms with Gasteiger partial charge in [0.15, 0.2) is 0 Å². The molecule has 2 N–H and O–H groups in total. The molecule has 0 aromatic rings. The number of hydrogen-bond donors (Lipinski definition) is 2. The van der Waals surface area contributed by atoms with Crippen LogP contribution in [0.5, 0.6) is 0 Å². The van der Waals surface area contributed by atoms with E-state index in [0.29, 0.717) is 12.6 Å². The number of likely N-dealkylation sites (tertiary alicyclic amines) is 1. The Labute approximate surface area is 130 Å². The van der Waals surface area contributed by atoms with Gasteiger partial charge < -0.3 is 10.4 Å². The maximum absolute atomic E-state index is 9.14.